The number of nitrogens with one attached hydrogen (secondary N) is 1. The van der Waals surface area contributed by atoms with Gasteiger partial charge in [0.2, 0.25) is 0 Å². The maximum Gasteiger partial charge on any atom is 0.419 e. The molecular formula is C15H20F3NO. The second-order valence-electron chi connectivity index (χ2n) is 5.20. The summed E-state index contributed by atoms with van der Waals surface area (Å²) in [6.45, 7) is 3.22. The number of hydrogen-bond donors (Lipinski definition) is 1. The Labute approximate surface area is 117 Å². The standard InChI is InChI=1S/C15H20F3NO/c1-2-9-19-13(11-7-8-11)10-20-14-6-4-3-5-12(14)15(16,17)18/h3-6,11,13,19H,2,7-10H2,1H3. The average Bonchev–Trinajstić information content (AvgIpc) is 3.22. The smallest absolute Gasteiger partial charge is 0.419 e. The maximum atomic E-state index is 12.9. The molecule has 0 spiro atoms. The van der Waals surface area contributed by atoms with Gasteiger partial charge in [-0.3, -0.25) is 0 Å². The van der Waals surface area contributed by atoms with E-state index in [2.05, 4.69) is 12.2 Å². The highest BCUT2D eigenvalue weighted by atomic mass is 19.4. The van der Waals surface area contributed by atoms with Crippen molar-refractivity contribution in [1.29, 1.82) is 0 Å². The molecule has 112 valence electrons. The minimum Gasteiger partial charge on any atom is -0.491 e. The second-order valence-corrected chi connectivity index (χ2v) is 5.20. The number of alkyl halides is 3. The van der Waals surface area contributed by atoms with Gasteiger partial charge < -0.3 is 10.1 Å². The van der Waals surface area contributed by atoms with Crippen LogP contribution >= 0.6 is 0 Å². The summed E-state index contributed by atoms with van der Waals surface area (Å²) in [5, 5.41) is 3.35. The van der Waals surface area contributed by atoms with Gasteiger partial charge in [-0.05, 0) is 43.9 Å². The minimum atomic E-state index is -4.37. The zero-order valence-corrected chi connectivity index (χ0v) is 11.5. The molecule has 0 aromatic heterocycles. The summed E-state index contributed by atoms with van der Waals surface area (Å²) in [4.78, 5) is 0. The normalized spacial score (nSPS) is 17.0. The molecule has 2 nitrogen and oxygen atoms in total. The van der Waals surface area contributed by atoms with Crippen molar-refractivity contribution in [3.8, 4) is 5.75 Å². The summed E-state index contributed by atoms with van der Waals surface area (Å²) in [6, 6.07) is 5.53. The van der Waals surface area contributed by atoms with Crippen LogP contribution in [-0.2, 0) is 6.18 Å². The van der Waals surface area contributed by atoms with Crippen LogP contribution in [0.5, 0.6) is 5.75 Å². The van der Waals surface area contributed by atoms with Crippen LogP contribution < -0.4 is 10.1 Å². The van der Waals surface area contributed by atoms with Gasteiger partial charge in [0.1, 0.15) is 12.4 Å². The van der Waals surface area contributed by atoms with Crippen molar-refractivity contribution in [1.82, 2.24) is 5.32 Å². The topological polar surface area (TPSA) is 21.3 Å². The molecule has 0 amide bonds. The maximum absolute atomic E-state index is 12.9. The summed E-state index contributed by atoms with van der Waals surface area (Å²) in [5.74, 6) is 0.462. The third-order valence-corrected chi connectivity index (χ3v) is 3.46. The minimum absolute atomic E-state index is 0.0797. The van der Waals surface area contributed by atoms with Crippen LogP contribution in [0.15, 0.2) is 24.3 Å². The van der Waals surface area contributed by atoms with Gasteiger partial charge >= 0.3 is 6.18 Å². The lowest BCUT2D eigenvalue weighted by molar-refractivity contribution is -0.139. The molecular weight excluding hydrogens is 267 g/mol. The molecule has 1 aliphatic carbocycles. The predicted molar refractivity (Wildman–Crippen MR) is 71.7 cm³/mol. The predicted octanol–water partition coefficient (Wildman–Crippen LogP) is 3.86. The molecule has 1 aromatic rings. The zero-order chi connectivity index (χ0) is 14.6. The molecule has 20 heavy (non-hydrogen) atoms. The van der Waals surface area contributed by atoms with E-state index in [9.17, 15) is 13.2 Å². The van der Waals surface area contributed by atoms with Gasteiger partial charge in [-0.25, -0.2) is 0 Å². The number of ether oxygens (including phenoxy) is 1. The third kappa shape index (κ3) is 4.13. The first kappa shape index (κ1) is 15.2. The van der Waals surface area contributed by atoms with Crippen molar-refractivity contribution in [2.24, 2.45) is 5.92 Å². The first-order valence-corrected chi connectivity index (χ1v) is 7.04. The van der Waals surface area contributed by atoms with E-state index >= 15 is 0 Å². The van der Waals surface area contributed by atoms with Gasteiger partial charge in [-0.15, -0.1) is 0 Å². The monoisotopic (exact) mass is 287 g/mol. The first-order valence-electron chi connectivity index (χ1n) is 7.04. The zero-order valence-electron chi connectivity index (χ0n) is 11.5. The Balaban J connectivity index is 1.99. The van der Waals surface area contributed by atoms with Gasteiger partial charge in [-0.2, -0.15) is 13.2 Å². The second kappa shape index (κ2) is 6.48. The summed E-state index contributed by atoms with van der Waals surface area (Å²) in [5.41, 5.74) is -0.704. The highest BCUT2D eigenvalue weighted by molar-refractivity contribution is 5.35. The highest BCUT2D eigenvalue weighted by Crippen LogP contribution is 2.37. The van der Waals surface area contributed by atoms with Gasteiger partial charge in [0.25, 0.3) is 0 Å². The van der Waals surface area contributed by atoms with Crippen LogP contribution in [0.1, 0.15) is 31.7 Å². The number of halogens is 3. The Hall–Kier alpha value is -1.23. The van der Waals surface area contributed by atoms with Crippen LogP contribution in [0.25, 0.3) is 0 Å². The molecule has 0 saturated heterocycles. The summed E-state index contributed by atoms with van der Waals surface area (Å²) >= 11 is 0. The van der Waals surface area contributed by atoms with Crippen molar-refractivity contribution in [2.45, 2.75) is 38.4 Å². The molecule has 5 heteroatoms. The fraction of sp³-hybridized carbons (Fsp3) is 0.600. The van der Waals surface area contributed by atoms with Crippen molar-refractivity contribution in [2.75, 3.05) is 13.2 Å². The Kier molecular flexibility index (Phi) is 4.91. The molecule has 0 radical (unpaired) electrons. The van der Waals surface area contributed by atoms with Crippen LogP contribution in [0.3, 0.4) is 0 Å². The molecule has 1 saturated carbocycles. The molecule has 0 aliphatic heterocycles. The number of hydrogen-bond acceptors (Lipinski definition) is 2. The lowest BCUT2D eigenvalue weighted by atomic mass is 10.1. The van der Waals surface area contributed by atoms with E-state index in [0.717, 1.165) is 31.9 Å². The molecule has 1 unspecified atom stereocenters. The summed E-state index contributed by atoms with van der Waals surface area (Å²) in [7, 11) is 0. The molecule has 1 N–H and O–H groups in total. The van der Waals surface area contributed by atoms with Crippen molar-refractivity contribution < 1.29 is 17.9 Å². The van der Waals surface area contributed by atoms with E-state index in [1.54, 1.807) is 6.07 Å². The largest absolute Gasteiger partial charge is 0.491 e. The number of benzene rings is 1. The molecule has 1 atom stereocenters. The van der Waals surface area contributed by atoms with Crippen LogP contribution in [0.2, 0.25) is 0 Å². The highest BCUT2D eigenvalue weighted by Gasteiger charge is 2.35. The lowest BCUT2D eigenvalue weighted by Crippen LogP contribution is -2.37. The van der Waals surface area contributed by atoms with Gasteiger partial charge in [0.05, 0.1) is 5.56 Å². The summed E-state index contributed by atoms with van der Waals surface area (Å²) in [6.07, 6.45) is -1.11. The molecule has 0 heterocycles. The first-order chi connectivity index (χ1) is 9.52. The van der Waals surface area contributed by atoms with E-state index in [4.69, 9.17) is 4.74 Å². The number of para-hydroxylation sites is 1. The van der Waals surface area contributed by atoms with Crippen LogP contribution in [0.4, 0.5) is 13.2 Å². The van der Waals surface area contributed by atoms with Crippen molar-refractivity contribution in [3.63, 3.8) is 0 Å². The summed E-state index contributed by atoms with van der Waals surface area (Å²) < 4.78 is 44.0. The van der Waals surface area contributed by atoms with Gasteiger partial charge in [0, 0.05) is 6.04 Å². The van der Waals surface area contributed by atoms with E-state index in [1.807, 2.05) is 0 Å². The molecule has 0 bridgehead atoms. The molecule has 1 aromatic carbocycles. The van der Waals surface area contributed by atoms with Gasteiger partial charge in [-0.1, -0.05) is 19.1 Å². The van der Waals surface area contributed by atoms with E-state index < -0.39 is 11.7 Å². The third-order valence-electron chi connectivity index (χ3n) is 3.46. The molecule has 1 aliphatic rings. The van der Waals surface area contributed by atoms with E-state index in [1.165, 1.54) is 12.1 Å². The van der Waals surface area contributed by atoms with E-state index in [-0.39, 0.29) is 18.4 Å². The SMILES string of the molecule is CCCNC(COc1ccccc1C(F)(F)F)C1CC1. The van der Waals surface area contributed by atoms with Gasteiger partial charge in [0.15, 0.2) is 0 Å². The average molecular weight is 287 g/mol. The Bertz CT molecular complexity index is 429. The molecule has 1 fully saturated rings. The quantitative estimate of drug-likeness (QED) is 0.822. The fourth-order valence-electron chi connectivity index (χ4n) is 2.20. The van der Waals surface area contributed by atoms with Crippen LogP contribution in [0, 0.1) is 5.92 Å². The lowest BCUT2D eigenvalue weighted by Gasteiger charge is -2.20. The molecule has 2 rings (SSSR count). The Morgan fingerprint density at radius 3 is 2.60 bits per heavy atom. The Morgan fingerprint density at radius 1 is 1.30 bits per heavy atom. The van der Waals surface area contributed by atoms with Crippen molar-refractivity contribution >= 4 is 0 Å². The van der Waals surface area contributed by atoms with E-state index in [0.29, 0.717) is 5.92 Å². The fourth-order valence-corrected chi connectivity index (χ4v) is 2.20. The van der Waals surface area contributed by atoms with Crippen LogP contribution in [-0.4, -0.2) is 19.2 Å². The van der Waals surface area contributed by atoms with Crippen molar-refractivity contribution in [3.05, 3.63) is 29.8 Å². The number of rotatable bonds is 7. The Morgan fingerprint density at radius 2 is 2.00 bits per heavy atom.